The summed E-state index contributed by atoms with van der Waals surface area (Å²) in [7, 11) is 0. The Morgan fingerprint density at radius 3 is 2.21 bits per heavy atom. The Morgan fingerprint density at radius 2 is 1.63 bits per heavy atom. The first-order valence-electron chi connectivity index (χ1n) is 15.4. The molecule has 38 heavy (non-hydrogen) atoms. The molecule has 4 aliphatic heterocycles. The molecule has 218 valence electrons. The molecule has 4 aliphatic rings. The van der Waals surface area contributed by atoms with Crippen molar-refractivity contribution >= 4 is 11.8 Å². The maximum Gasteiger partial charge on any atom is 0.245 e. The highest BCUT2D eigenvalue weighted by molar-refractivity contribution is 5.90. The van der Waals surface area contributed by atoms with Gasteiger partial charge in [0.15, 0.2) is 5.79 Å². The van der Waals surface area contributed by atoms with Crippen LogP contribution in [0, 0.1) is 29.6 Å². The van der Waals surface area contributed by atoms with Gasteiger partial charge in [0.05, 0.1) is 19.3 Å². The average molecular weight is 535 g/mol. The van der Waals surface area contributed by atoms with Crippen molar-refractivity contribution in [3.05, 3.63) is 0 Å². The third-order valence-corrected chi connectivity index (χ3v) is 8.85. The third-order valence-electron chi connectivity index (χ3n) is 8.85. The molecule has 8 heteroatoms. The molecule has 4 saturated heterocycles. The number of hydrogen-bond donors (Lipinski definition) is 1. The van der Waals surface area contributed by atoms with Crippen LogP contribution in [0.4, 0.5) is 0 Å². The lowest BCUT2D eigenvalue weighted by molar-refractivity contribution is -0.299. The molecule has 0 aromatic rings. The number of ether oxygens (including phenoxy) is 2. The molecule has 1 spiro atoms. The Kier molecular flexibility index (Phi) is 10.2. The molecule has 2 unspecified atom stereocenters. The van der Waals surface area contributed by atoms with E-state index in [1.54, 1.807) is 0 Å². The number of nitrogens with zero attached hydrogens (tertiary/aromatic N) is 3. The maximum atomic E-state index is 13.8. The van der Waals surface area contributed by atoms with E-state index in [1.165, 1.54) is 19.5 Å². The van der Waals surface area contributed by atoms with E-state index in [2.05, 4.69) is 51.8 Å². The number of carbonyl (C=O) groups is 2. The lowest BCUT2D eigenvalue weighted by Gasteiger charge is -2.47. The molecule has 8 nitrogen and oxygen atoms in total. The van der Waals surface area contributed by atoms with Crippen molar-refractivity contribution in [2.75, 3.05) is 59.0 Å². The van der Waals surface area contributed by atoms with Crippen molar-refractivity contribution < 1.29 is 19.1 Å². The first-order chi connectivity index (χ1) is 18.0. The van der Waals surface area contributed by atoms with Crippen LogP contribution in [-0.2, 0) is 19.1 Å². The zero-order chi connectivity index (χ0) is 27.4. The molecule has 2 amide bonds. The van der Waals surface area contributed by atoms with Gasteiger partial charge in [-0.25, -0.2) is 0 Å². The van der Waals surface area contributed by atoms with Crippen molar-refractivity contribution in [2.45, 2.75) is 91.5 Å². The van der Waals surface area contributed by atoms with Gasteiger partial charge in [-0.2, -0.15) is 0 Å². The predicted octanol–water partition coefficient (Wildman–Crippen LogP) is 3.21. The van der Waals surface area contributed by atoms with Crippen molar-refractivity contribution in [1.29, 1.82) is 0 Å². The second-order valence-corrected chi connectivity index (χ2v) is 13.7. The summed E-state index contributed by atoms with van der Waals surface area (Å²) in [4.78, 5) is 33.6. The molecular formula is C30H54N4O4. The van der Waals surface area contributed by atoms with Gasteiger partial charge < -0.3 is 29.5 Å². The fourth-order valence-corrected chi connectivity index (χ4v) is 7.14. The van der Waals surface area contributed by atoms with Gasteiger partial charge in [0.25, 0.3) is 0 Å². The number of amides is 2. The Morgan fingerprint density at radius 1 is 1.00 bits per heavy atom. The fraction of sp³-hybridized carbons (Fsp3) is 0.933. The molecule has 0 saturated carbocycles. The molecule has 0 radical (unpaired) electrons. The minimum absolute atomic E-state index is 0.0833. The number of rotatable bonds is 8. The summed E-state index contributed by atoms with van der Waals surface area (Å²) in [6, 6.07) is -0.579. The molecular weight excluding hydrogens is 480 g/mol. The van der Waals surface area contributed by atoms with Crippen LogP contribution in [-0.4, -0.2) is 103 Å². The van der Waals surface area contributed by atoms with E-state index < -0.39 is 5.79 Å². The highest BCUT2D eigenvalue weighted by Crippen LogP contribution is 2.34. The molecule has 4 fully saturated rings. The van der Waals surface area contributed by atoms with Crippen LogP contribution < -0.4 is 5.32 Å². The molecule has 4 atom stereocenters. The number of piperidine rings is 2. The standard InChI is InChI=1S/C30H54N4O4/c1-21(2)13-26-28(35)34(12-9-31-26)27(14-22(3)4)29(36)33-10-7-30(8-11-33)37-19-25(20-38-30)18-32-16-23(5)15-24(6)17-32/h21-27,31H,7-20H2,1-6H3/t23?,24?,26-,27-/m0/s1. The zero-order valence-electron chi connectivity index (χ0n) is 24.9. The average Bonchev–Trinajstić information content (AvgIpc) is 2.85. The molecule has 0 aliphatic carbocycles. The van der Waals surface area contributed by atoms with Crippen LogP contribution in [0.2, 0.25) is 0 Å². The first-order valence-corrected chi connectivity index (χ1v) is 15.4. The van der Waals surface area contributed by atoms with Crippen LogP contribution >= 0.6 is 0 Å². The summed E-state index contributed by atoms with van der Waals surface area (Å²) in [5.41, 5.74) is 0. The molecule has 1 N–H and O–H groups in total. The predicted molar refractivity (Wildman–Crippen MR) is 150 cm³/mol. The number of hydrogen-bond acceptors (Lipinski definition) is 6. The summed E-state index contributed by atoms with van der Waals surface area (Å²) >= 11 is 0. The molecule has 4 heterocycles. The molecule has 0 bridgehead atoms. The summed E-state index contributed by atoms with van der Waals surface area (Å²) in [5.74, 6) is 2.30. The van der Waals surface area contributed by atoms with Gasteiger partial charge in [0.1, 0.15) is 6.04 Å². The van der Waals surface area contributed by atoms with E-state index >= 15 is 0 Å². The van der Waals surface area contributed by atoms with Crippen molar-refractivity contribution in [1.82, 2.24) is 20.0 Å². The van der Waals surface area contributed by atoms with Gasteiger partial charge >= 0.3 is 0 Å². The van der Waals surface area contributed by atoms with Gasteiger partial charge in [-0.15, -0.1) is 0 Å². The Hall–Kier alpha value is -1.22. The van der Waals surface area contributed by atoms with E-state index in [-0.39, 0.29) is 23.9 Å². The van der Waals surface area contributed by atoms with Gasteiger partial charge in [0, 0.05) is 64.6 Å². The van der Waals surface area contributed by atoms with E-state index in [1.807, 2.05) is 9.80 Å². The lowest BCUT2D eigenvalue weighted by Crippen LogP contribution is -2.63. The van der Waals surface area contributed by atoms with E-state index in [4.69, 9.17) is 9.47 Å². The van der Waals surface area contributed by atoms with Crippen LogP contribution in [0.25, 0.3) is 0 Å². The zero-order valence-corrected chi connectivity index (χ0v) is 24.9. The second-order valence-electron chi connectivity index (χ2n) is 13.7. The number of likely N-dealkylation sites (tertiary alicyclic amines) is 2. The Bertz CT molecular complexity index is 777. The van der Waals surface area contributed by atoms with Gasteiger partial charge in [-0.05, 0) is 42.9 Å². The van der Waals surface area contributed by atoms with E-state index in [9.17, 15) is 9.59 Å². The summed E-state index contributed by atoms with van der Waals surface area (Å²) < 4.78 is 12.8. The quantitative estimate of drug-likeness (QED) is 0.516. The summed E-state index contributed by atoms with van der Waals surface area (Å²) in [5, 5.41) is 3.38. The van der Waals surface area contributed by atoms with Gasteiger partial charge in [0.2, 0.25) is 11.8 Å². The lowest BCUT2D eigenvalue weighted by atomic mass is 9.91. The second kappa shape index (κ2) is 13.0. The normalized spacial score (nSPS) is 30.4. The van der Waals surface area contributed by atoms with Crippen LogP contribution in [0.5, 0.6) is 0 Å². The smallest absolute Gasteiger partial charge is 0.245 e. The first kappa shape index (κ1) is 29.8. The minimum Gasteiger partial charge on any atom is -0.349 e. The number of carbonyl (C=O) groups excluding carboxylic acids is 2. The van der Waals surface area contributed by atoms with Crippen LogP contribution in [0.15, 0.2) is 0 Å². The highest BCUT2D eigenvalue weighted by atomic mass is 16.7. The van der Waals surface area contributed by atoms with Crippen molar-refractivity contribution in [2.24, 2.45) is 29.6 Å². The Labute approximate surface area is 231 Å². The van der Waals surface area contributed by atoms with Crippen LogP contribution in [0.3, 0.4) is 0 Å². The fourth-order valence-electron chi connectivity index (χ4n) is 7.14. The van der Waals surface area contributed by atoms with E-state index in [0.29, 0.717) is 56.7 Å². The maximum absolute atomic E-state index is 13.8. The van der Waals surface area contributed by atoms with E-state index in [0.717, 1.165) is 44.6 Å². The largest absolute Gasteiger partial charge is 0.349 e. The number of piperazine rings is 1. The van der Waals surface area contributed by atoms with Crippen LogP contribution in [0.1, 0.15) is 73.6 Å². The Balaban J connectivity index is 1.30. The third kappa shape index (κ3) is 7.49. The van der Waals surface area contributed by atoms with Crippen molar-refractivity contribution in [3.63, 3.8) is 0 Å². The van der Waals surface area contributed by atoms with Crippen molar-refractivity contribution in [3.8, 4) is 0 Å². The topological polar surface area (TPSA) is 74.3 Å². The van der Waals surface area contributed by atoms with Gasteiger partial charge in [-0.3, -0.25) is 9.59 Å². The van der Waals surface area contributed by atoms with Gasteiger partial charge in [-0.1, -0.05) is 41.5 Å². The SMILES string of the molecule is CC(C)C[C@@H]1NCCN([C@@H](CC(C)C)C(=O)N2CCC3(CC2)OCC(CN2CC(C)CC(C)C2)CO3)C1=O. The molecule has 0 aromatic carbocycles. The monoisotopic (exact) mass is 534 g/mol. The minimum atomic E-state index is -0.559. The number of nitrogens with one attached hydrogen (secondary N) is 1. The molecule has 0 aromatic heterocycles. The summed E-state index contributed by atoms with van der Waals surface area (Å²) in [6.07, 6.45) is 4.22. The molecule has 4 rings (SSSR count). The summed E-state index contributed by atoms with van der Waals surface area (Å²) in [6.45, 7) is 20.7. The highest BCUT2D eigenvalue weighted by Gasteiger charge is 2.44.